The minimum Gasteiger partial charge on any atom is -0.381 e. The van der Waals surface area contributed by atoms with E-state index in [1.54, 1.807) is 6.08 Å². The molecule has 0 bridgehead atoms. The molecule has 1 aliphatic heterocycles. The molecule has 4 heteroatoms. The zero-order valence-corrected chi connectivity index (χ0v) is 49.4. The normalized spacial score (nSPS) is 24.0. The lowest BCUT2D eigenvalue weighted by Crippen LogP contribution is -2.46. The SMILES string of the molecule is C#C.C=C(C)C.C=C(CC)C(CCCC)NC(=C)C1[C@@H]2[C@H](CN1C)C2(C)CC.C=CC.C=CCC.C=CCC(NC(=C)NC(CCC)C(C)(C)C)C1CC(C)/C=C\C=C/C(C)C1.CC.CC(C)C. The molecule has 2 fully saturated rings. The van der Waals surface area contributed by atoms with Gasteiger partial charge < -0.3 is 16.0 Å². The van der Waals surface area contributed by atoms with Crippen LogP contribution in [0.4, 0.5) is 0 Å². The summed E-state index contributed by atoms with van der Waals surface area (Å²) < 4.78 is 0. The maximum Gasteiger partial charge on any atom is 0.0917 e. The predicted octanol–water partition coefficient (Wildman–Crippen LogP) is 18.5. The van der Waals surface area contributed by atoms with E-state index in [2.05, 4.69) is 208 Å². The van der Waals surface area contributed by atoms with Crippen molar-refractivity contribution in [2.24, 2.45) is 46.3 Å². The topological polar surface area (TPSA) is 39.3 Å². The van der Waals surface area contributed by atoms with E-state index in [4.69, 9.17) is 0 Å². The zero-order valence-electron chi connectivity index (χ0n) is 49.4. The molecule has 4 nitrogen and oxygen atoms in total. The van der Waals surface area contributed by atoms with Crippen LogP contribution in [0.3, 0.4) is 0 Å². The van der Waals surface area contributed by atoms with Crippen molar-refractivity contribution in [3.63, 3.8) is 0 Å². The molecule has 396 valence electrons. The first-order valence-electron chi connectivity index (χ1n) is 27.0. The second-order valence-corrected chi connectivity index (χ2v) is 21.4. The molecular weight excluding hydrogens is 825 g/mol. The van der Waals surface area contributed by atoms with Crippen molar-refractivity contribution in [3.05, 3.63) is 111 Å². The van der Waals surface area contributed by atoms with Crippen LogP contribution in [0.15, 0.2) is 111 Å². The van der Waals surface area contributed by atoms with E-state index >= 15 is 0 Å². The summed E-state index contributed by atoms with van der Waals surface area (Å²) >= 11 is 0. The Morgan fingerprint density at radius 3 is 1.63 bits per heavy atom. The van der Waals surface area contributed by atoms with Crippen LogP contribution in [0.25, 0.3) is 0 Å². The van der Waals surface area contributed by atoms with Gasteiger partial charge in [-0.15, -0.1) is 39.2 Å². The summed E-state index contributed by atoms with van der Waals surface area (Å²) in [4.78, 5) is 2.51. The zero-order chi connectivity index (χ0) is 54.2. The molecule has 9 atom stereocenters. The van der Waals surface area contributed by atoms with Crippen LogP contribution >= 0.6 is 0 Å². The van der Waals surface area contributed by atoms with Crippen molar-refractivity contribution in [1.82, 2.24) is 20.9 Å². The number of fused-ring (bicyclic) bond motifs is 1. The van der Waals surface area contributed by atoms with E-state index in [1.807, 2.05) is 46.8 Å². The van der Waals surface area contributed by atoms with Crippen molar-refractivity contribution in [3.8, 4) is 12.8 Å². The molecule has 3 N–H and O–H groups in total. The summed E-state index contributed by atoms with van der Waals surface area (Å²) in [5.74, 6) is 5.23. The fourth-order valence-corrected chi connectivity index (χ4v) is 8.70. The lowest BCUT2D eigenvalue weighted by molar-refractivity contribution is 0.225. The van der Waals surface area contributed by atoms with Gasteiger partial charge in [0.1, 0.15) is 0 Å². The number of terminal acetylenes is 1. The van der Waals surface area contributed by atoms with Crippen LogP contribution < -0.4 is 16.0 Å². The molecule has 3 rings (SSSR count). The standard InChI is InChI=1S/C25H44N2.C20H36N2.C4H10.2C4H8.C3H6.C2H6.C2H2/c1-9-13-23(22-17-19(3)15-11-12-16-20(4)18-22)26-21(5)27-24(14-10-2)25(6,7)8;1-8-11-12-17(14(4)9-2)21-15(5)19-18-16(13-22(19)7)20(18,6)10-3;2*1-4(2)3;1-3-4-2;1-3-2;2*1-2/h9,11-12,15-16,19-20,22-24,26-27H,1,5,10,13-14,17-18H2,2-4,6-8H3;16-19,21H,4-5,8-13H2,1-3,6-7H3;4H,1-3H3;1H2,2-3H3;3H,1,4H2,2H3;3H,1H2,2H3;1-2H3;1-2H/b15-11-,16-12-;;;;;;;/t;16-,17?,18-,19?,20?;;;;;;/m.0....../s1. The highest BCUT2D eigenvalue weighted by Crippen LogP contribution is 2.67. The summed E-state index contributed by atoms with van der Waals surface area (Å²) in [6, 6.07) is 1.70. The number of nitrogens with zero attached hydrogens (tertiary/aromatic N) is 1. The van der Waals surface area contributed by atoms with Gasteiger partial charge in [-0.2, -0.15) is 0 Å². The van der Waals surface area contributed by atoms with Crippen LogP contribution in [0, 0.1) is 59.2 Å². The summed E-state index contributed by atoms with van der Waals surface area (Å²) in [7, 11) is 2.26. The number of hydrogen-bond acceptors (Lipinski definition) is 4. The van der Waals surface area contributed by atoms with E-state index in [0.29, 0.717) is 47.3 Å². The Hall–Kier alpha value is -3.42. The lowest BCUT2D eigenvalue weighted by atomic mass is 9.82. The molecule has 0 radical (unpaired) electrons. The average molecular weight is 946 g/mol. The Morgan fingerprint density at radius 1 is 0.824 bits per heavy atom. The van der Waals surface area contributed by atoms with Crippen molar-refractivity contribution < 1.29 is 0 Å². The van der Waals surface area contributed by atoms with Crippen molar-refractivity contribution >= 4 is 0 Å². The molecule has 68 heavy (non-hydrogen) atoms. The number of likely N-dealkylation sites (tertiary alicyclic amines) is 1. The summed E-state index contributed by atoms with van der Waals surface area (Å²) in [6.45, 7) is 70.1. The van der Waals surface area contributed by atoms with E-state index in [1.165, 1.54) is 68.3 Å². The molecule has 0 aromatic heterocycles. The molecule has 0 spiro atoms. The molecule has 1 saturated carbocycles. The first kappa shape index (κ1) is 73.5. The average Bonchev–Trinajstić information content (AvgIpc) is 3.60. The van der Waals surface area contributed by atoms with Crippen LogP contribution in [-0.4, -0.2) is 42.7 Å². The summed E-state index contributed by atoms with van der Waals surface area (Å²) in [6.07, 6.45) is 35.5. The van der Waals surface area contributed by atoms with E-state index in [0.717, 1.165) is 49.3 Å². The van der Waals surface area contributed by atoms with E-state index in [-0.39, 0.29) is 5.41 Å². The third-order valence-electron chi connectivity index (χ3n) is 12.5. The van der Waals surface area contributed by atoms with Gasteiger partial charge in [-0.05, 0) is 119 Å². The van der Waals surface area contributed by atoms with Gasteiger partial charge in [-0.1, -0.05) is 210 Å². The van der Waals surface area contributed by atoms with Gasteiger partial charge in [0.25, 0.3) is 0 Å². The van der Waals surface area contributed by atoms with Gasteiger partial charge in [0, 0.05) is 30.4 Å². The number of piperidine rings is 1. The van der Waals surface area contributed by atoms with Crippen molar-refractivity contribution in [2.45, 2.75) is 226 Å². The fraction of sp³-hybridized carbons (Fsp3) is 0.688. The Balaban J connectivity index is -0.000000286. The Bertz CT molecular complexity index is 1380. The third kappa shape index (κ3) is 34.0. The van der Waals surface area contributed by atoms with Crippen molar-refractivity contribution in [1.29, 1.82) is 0 Å². The van der Waals surface area contributed by atoms with Crippen LogP contribution in [-0.2, 0) is 0 Å². The number of rotatable bonds is 19. The summed E-state index contributed by atoms with van der Waals surface area (Å²) in [5.41, 5.74) is 4.47. The molecule has 0 aromatic rings. The minimum absolute atomic E-state index is 0.214. The van der Waals surface area contributed by atoms with E-state index < -0.39 is 0 Å². The smallest absolute Gasteiger partial charge is 0.0917 e. The number of likely N-dealkylation sites (N-methyl/N-ethyl adjacent to an activating group) is 1. The second kappa shape index (κ2) is 43.6. The van der Waals surface area contributed by atoms with Crippen LogP contribution in [0.5, 0.6) is 0 Å². The second-order valence-electron chi connectivity index (χ2n) is 21.4. The predicted molar refractivity (Wildman–Crippen MR) is 317 cm³/mol. The van der Waals surface area contributed by atoms with Gasteiger partial charge in [0.05, 0.1) is 11.9 Å². The number of allylic oxidation sites excluding steroid dienone is 7. The quantitative estimate of drug-likeness (QED) is 0.0891. The molecule has 7 unspecified atom stereocenters. The van der Waals surface area contributed by atoms with Crippen LogP contribution in [0.2, 0.25) is 0 Å². The van der Waals surface area contributed by atoms with Gasteiger partial charge >= 0.3 is 0 Å². The highest BCUT2D eigenvalue weighted by Gasteiger charge is 2.67. The third-order valence-corrected chi connectivity index (χ3v) is 12.5. The molecule has 0 aromatic carbocycles. The minimum atomic E-state index is 0.214. The number of hydrogen-bond donors (Lipinski definition) is 3. The first-order valence-corrected chi connectivity index (χ1v) is 27.0. The summed E-state index contributed by atoms with van der Waals surface area (Å²) in [5, 5.41) is 11.2. The molecular formula is C64H120N4. The molecule has 2 aliphatic carbocycles. The molecule has 0 amide bonds. The van der Waals surface area contributed by atoms with Crippen molar-refractivity contribution in [2.75, 3.05) is 13.6 Å². The Kier molecular flexibility index (Phi) is 47.1. The highest BCUT2D eigenvalue weighted by molar-refractivity contribution is 5.26. The highest BCUT2D eigenvalue weighted by atomic mass is 15.2. The van der Waals surface area contributed by atoms with E-state index in [9.17, 15) is 0 Å². The molecule has 3 aliphatic rings. The first-order chi connectivity index (χ1) is 31.9. The maximum atomic E-state index is 4.43. The number of nitrogens with one attached hydrogen (secondary N) is 3. The molecule has 1 heterocycles. The maximum absolute atomic E-state index is 4.43. The van der Waals surface area contributed by atoms with Crippen LogP contribution in [0.1, 0.15) is 202 Å². The van der Waals surface area contributed by atoms with Gasteiger partial charge in [0.15, 0.2) is 0 Å². The largest absolute Gasteiger partial charge is 0.381 e. The van der Waals surface area contributed by atoms with Gasteiger partial charge in [-0.25, -0.2) is 0 Å². The Labute approximate surface area is 429 Å². The monoisotopic (exact) mass is 945 g/mol. The molecule has 1 saturated heterocycles. The number of unbranched alkanes of at least 4 members (excludes halogenated alkanes) is 1. The lowest BCUT2D eigenvalue weighted by Gasteiger charge is -2.36. The van der Waals surface area contributed by atoms with Gasteiger partial charge in [0.2, 0.25) is 0 Å². The fourth-order valence-electron chi connectivity index (χ4n) is 8.70. The Morgan fingerprint density at radius 2 is 1.28 bits per heavy atom. The van der Waals surface area contributed by atoms with Gasteiger partial charge in [-0.3, -0.25) is 4.90 Å².